The molecule has 0 spiro atoms. The van der Waals surface area contributed by atoms with Gasteiger partial charge in [-0.05, 0) is 31.3 Å². The normalized spacial score (nSPS) is 16.6. The minimum Gasteiger partial charge on any atom is -0.363 e. The van der Waals surface area contributed by atoms with Crippen LogP contribution in [0.5, 0.6) is 0 Å². The summed E-state index contributed by atoms with van der Waals surface area (Å²) < 4.78 is 53.3. The molecule has 9 heteroatoms. The van der Waals surface area contributed by atoms with Crippen LogP contribution in [0.2, 0.25) is 0 Å². The van der Waals surface area contributed by atoms with E-state index in [0.29, 0.717) is 24.7 Å². The largest absolute Gasteiger partial charge is 0.363 e. The molecule has 2 rings (SSSR count). The third-order valence-corrected chi connectivity index (χ3v) is 5.72. The van der Waals surface area contributed by atoms with E-state index >= 15 is 0 Å². The molecule has 0 bridgehead atoms. The van der Waals surface area contributed by atoms with Gasteiger partial charge in [-0.2, -0.15) is 4.31 Å². The Kier molecular flexibility index (Phi) is 5.30. The molecule has 1 heterocycles. The number of piperazine rings is 1. The first-order valence-electron chi connectivity index (χ1n) is 6.85. The monoisotopic (exact) mass is 349 g/mol. The number of benzene rings is 1. The Morgan fingerprint density at radius 3 is 2.27 bits per heavy atom. The van der Waals surface area contributed by atoms with Crippen LogP contribution in [-0.2, 0) is 10.0 Å². The van der Waals surface area contributed by atoms with Crippen LogP contribution in [-0.4, -0.2) is 55.5 Å². The van der Waals surface area contributed by atoms with Gasteiger partial charge in [-0.15, -0.1) is 0 Å². The molecule has 1 aromatic rings. The number of hydrogen-bond acceptors (Lipinski definition) is 3. The number of sulfonamides is 1. The minimum absolute atomic E-state index is 0.127. The maximum atomic E-state index is 13.7. The van der Waals surface area contributed by atoms with Crippen molar-refractivity contribution in [2.45, 2.75) is 11.8 Å². The van der Waals surface area contributed by atoms with E-state index in [1.807, 2.05) is 11.8 Å². The molecule has 22 heavy (non-hydrogen) atoms. The number of thiocarbonyl (C=S) groups is 1. The van der Waals surface area contributed by atoms with Gasteiger partial charge in [0.2, 0.25) is 10.0 Å². The smallest absolute Gasteiger partial charge is 0.249 e. The van der Waals surface area contributed by atoms with Crippen LogP contribution in [0.4, 0.5) is 8.78 Å². The van der Waals surface area contributed by atoms with Gasteiger partial charge < -0.3 is 10.2 Å². The van der Waals surface area contributed by atoms with Crippen LogP contribution in [0.15, 0.2) is 23.1 Å². The highest BCUT2D eigenvalue weighted by molar-refractivity contribution is 7.89. The molecular formula is C13H17F2N3O2S2. The van der Waals surface area contributed by atoms with Crippen molar-refractivity contribution >= 4 is 27.4 Å². The summed E-state index contributed by atoms with van der Waals surface area (Å²) in [6, 6.07) is 3.01. The standard InChI is InChI=1S/C13H17F2N3O2S2/c1-2-16-13(21)17-6-8-18(9-7-17)22(19,20)12-10(14)4-3-5-11(12)15/h3-5H,2,6-9H2,1H3,(H,16,21). The first kappa shape index (κ1) is 17.0. The predicted octanol–water partition coefficient (Wildman–Crippen LogP) is 1.17. The van der Waals surface area contributed by atoms with Gasteiger partial charge in [0.05, 0.1) is 0 Å². The van der Waals surface area contributed by atoms with E-state index in [9.17, 15) is 17.2 Å². The zero-order chi connectivity index (χ0) is 16.3. The molecule has 0 radical (unpaired) electrons. The Bertz CT molecular complexity index is 639. The molecule has 0 amide bonds. The van der Waals surface area contributed by atoms with Gasteiger partial charge in [0.15, 0.2) is 10.0 Å². The maximum Gasteiger partial charge on any atom is 0.249 e. The molecule has 122 valence electrons. The highest BCUT2D eigenvalue weighted by Gasteiger charge is 2.33. The van der Waals surface area contributed by atoms with Crippen molar-refractivity contribution < 1.29 is 17.2 Å². The molecule has 1 N–H and O–H groups in total. The Labute approximate surface area is 134 Å². The molecule has 5 nitrogen and oxygen atoms in total. The molecule has 0 atom stereocenters. The van der Waals surface area contributed by atoms with E-state index in [-0.39, 0.29) is 13.1 Å². The quantitative estimate of drug-likeness (QED) is 0.830. The molecule has 0 unspecified atom stereocenters. The zero-order valence-electron chi connectivity index (χ0n) is 12.1. The summed E-state index contributed by atoms with van der Waals surface area (Å²) >= 11 is 5.17. The lowest BCUT2D eigenvalue weighted by molar-refractivity contribution is 0.263. The molecule has 1 aromatic carbocycles. The molecule has 1 saturated heterocycles. The number of halogens is 2. The molecule has 1 aliphatic rings. The average Bonchev–Trinajstić information content (AvgIpc) is 2.47. The molecule has 0 aliphatic carbocycles. The Hall–Kier alpha value is -1.32. The van der Waals surface area contributed by atoms with E-state index in [2.05, 4.69) is 5.32 Å². The van der Waals surface area contributed by atoms with Crippen LogP contribution >= 0.6 is 12.2 Å². The Morgan fingerprint density at radius 1 is 1.23 bits per heavy atom. The highest BCUT2D eigenvalue weighted by atomic mass is 32.2. The second kappa shape index (κ2) is 6.84. The lowest BCUT2D eigenvalue weighted by Crippen LogP contribution is -2.53. The number of hydrogen-bond donors (Lipinski definition) is 1. The fraction of sp³-hybridized carbons (Fsp3) is 0.462. The van der Waals surface area contributed by atoms with Crippen LogP contribution in [0.1, 0.15) is 6.92 Å². The summed E-state index contributed by atoms with van der Waals surface area (Å²) in [5.74, 6) is -2.16. The average molecular weight is 349 g/mol. The first-order valence-corrected chi connectivity index (χ1v) is 8.69. The second-order valence-electron chi connectivity index (χ2n) is 4.78. The van der Waals surface area contributed by atoms with E-state index in [1.165, 1.54) is 0 Å². The van der Waals surface area contributed by atoms with Crippen molar-refractivity contribution in [2.75, 3.05) is 32.7 Å². The fourth-order valence-corrected chi connectivity index (χ4v) is 4.11. The summed E-state index contributed by atoms with van der Waals surface area (Å²) in [6.07, 6.45) is 0. The lowest BCUT2D eigenvalue weighted by atomic mass is 10.3. The van der Waals surface area contributed by atoms with E-state index in [0.717, 1.165) is 22.5 Å². The molecule has 0 aromatic heterocycles. The van der Waals surface area contributed by atoms with E-state index < -0.39 is 26.6 Å². The second-order valence-corrected chi connectivity index (χ2v) is 7.04. The van der Waals surface area contributed by atoms with Crippen molar-refractivity contribution in [3.63, 3.8) is 0 Å². The van der Waals surface area contributed by atoms with Gasteiger partial charge >= 0.3 is 0 Å². The summed E-state index contributed by atoms with van der Waals surface area (Å²) in [5.41, 5.74) is 0. The minimum atomic E-state index is -4.19. The third-order valence-electron chi connectivity index (χ3n) is 3.37. The molecule has 1 fully saturated rings. The number of nitrogens with one attached hydrogen (secondary N) is 1. The van der Waals surface area contributed by atoms with Gasteiger partial charge in [-0.3, -0.25) is 0 Å². The highest BCUT2D eigenvalue weighted by Crippen LogP contribution is 2.23. The molecule has 0 saturated carbocycles. The third kappa shape index (κ3) is 3.36. The van der Waals surface area contributed by atoms with Gasteiger partial charge in [0, 0.05) is 32.7 Å². The summed E-state index contributed by atoms with van der Waals surface area (Å²) in [6.45, 7) is 3.59. The predicted molar refractivity (Wildman–Crippen MR) is 83.0 cm³/mol. The molecule has 1 aliphatic heterocycles. The van der Waals surface area contributed by atoms with Crippen LogP contribution in [0.25, 0.3) is 0 Å². The van der Waals surface area contributed by atoms with Crippen LogP contribution in [0, 0.1) is 11.6 Å². The van der Waals surface area contributed by atoms with E-state index in [1.54, 1.807) is 0 Å². The lowest BCUT2D eigenvalue weighted by Gasteiger charge is -2.35. The summed E-state index contributed by atoms with van der Waals surface area (Å²) in [5, 5.41) is 3.54. The molecular weight excluding hydrogens is 332 g/mol. The van der Waals surface area contributed by atoms with Crippen molar-refractivity contribution in [1.29, 1.82) is 0 Å². The number of rotatable bonds is 3. The van der Waals surface area contributed by atoms with Gasteiger partial charge in [-0.1, -0.05) is 6.07 Å². The Balaban J connectivity index is 2.15. The summed E-state index contributed by atoms with van der Waals surface area (Å²) in [4.78, 5) is 0.945. The van der Waals surface area contributed by atoms with Crippen molar-refractivity contribution in [1.82, 2.24) is 14.5 Å². The zero-order valence-corrected chi connectivity index (χ0v) is 13.7. The first-order chi connectivity index (χ1) is 10.4. The van der Waals surface area contributed by atoms with Crippen molar-refractivity contribution in [3.05, 3.63) is 29.8 Å². The Morgan fingerprint density at radius 2 is 1.77 bits per heavy atom. The topological polar surface area (TPSA) is 52.6 Å². The van der Waals surface area contributed by atoms with E-state index in [4.69, 9.17) is 12.2 Å². The van der Waals surface area contributed by atoms with Gasteiger partial charge in [-0.25, -0.2) is 17.2 Å². The number of nitrogens with zero attached hydrogens (tertiary/aromatic N) is 2. The van der Waals surface area contributed by atoms with Crippen LogP contribution < -0.4 is 5.32 Å². The summed E-state index contributed by atoms with van der Waals surface area (Å²) in [7, 11) is -4.19. The maximum absolute atomic E-state index is 13.7. The van der Waals surface area contributed by atoms with Crippen molar-refractivity contribution in [3.8, 4) is 0 Å². The van der Waals surface area contributed by atoms with Gasteiger partial charge in [0.1, 0.15) is 11.6 Å². The van der Waals surface area contributed by atoms with Crippen molar-refractivity contribution in [2.24, 2.45) is 0 Å². The SMILES string of the molecule is CCNC(=S)N1CCN(S(=O)(=O)c2c(F)cccc2F)CC1. The van der Waals surface area contributed by atoms with Gasteiger partial charge in [0.25, 0.3) is 0 Å². The van der Waals surface area contributed by atoms with Crippen LogP contribution in [0.3, 0.4) is 0 Å². The fourth-order valence-electron chi connectivity index (χ4n) is 2.25.